The van der Waals surface area contributed by atoms with Gasteiger partial charge >= 0.3 is 6.18 Å². The minimum atomic E-state index is -4.55. The number of methoxy groups -OCH3 is 1. The zero-order valence-corrected chi connectivity index (χ0v) is 13.6. The molecule has 1 aromatic rings. The van der Waals surface area contributed by atoms with Crippen LogP contribution in [-0.2, 0) is 11.0 Å². The maximum absolute atomic E-state index is 13.2. The highest BCUT2D eigenvalue weighted by atomic mass is 35.5. The number of carbonyl (C=O) groups excluding carboxylic acids is 1. The van der Waals surface area contributed by atoms with Crippen LogP contribution in [0, 0.1) is 5.92 Å². The fourth-order valence-electron chi connectivity index (χ4n) is 2.96. The molecule has 1 amide bonds. The van der Waals surface area contributed by atoms with Gasteiger partial charge in [-0.15, -0.1) is 11.6 Å². The monoisotopic (exact) mass is 349 g/mol. The third kappa shape index (κ3) is 4.31. The largest absolute Gasteiger partial charge is 0.496 e. The van der Waals surface area contributed by atoms with Gasteiger partial charge in [-0.05, 0) is 37.0 Å². The van der Waals surface area contributed by atoms with E-state index in [1.165, 1.54) is 24.1 Å². The SMILES string of the molecule is COc1ccc(N(CC2CCCC2)C(=O)CCl)cc1C(F)(F)F. The van der Waals surface area contributed by atoms with Crippen molar-refractivity contribution in [3.8, 4) is 5.75 Å². The Morgan fingerprint density at radius 1 is 1.35 bits per heavy atom. The summed E-state index contributed by atoms with van der Waals surface area (Å²) in [5.74, 6) is -0.615. The molecule has 0 atom stereocenters. The second-order valence-corrected chi connectivity index (χ2v) is 5.94. The first-order chi connectivity index (χ1) is 10.9. The van der Waals surface area contributed by atoms with E-state index >= 15 is 0 Å². The number of amides is 1. The van der Waals surface area contributed by atoms with Crippen molar-refractivity contribution < 1.29 is 22.7 Å². The molecule has 128 valence electrons. The molecule has 0 unspecified atom stereocenters. The molecule has 0 N–H and O–H groups in total. The lowest BCUT2D eigenvalue weighted by Gasteiger charge is -2.26. The smallest absolute Gasteiger partial charge is 0.420 e. The third-order valence-electron chi connectivity index (χ3n) is 4.13. The molecular weight excluding hydrogens is 331 g/mol. The number of nitrogens with zero attached hydrogens (tertiary/aromatic N) is 1. The summed E-state index contributed by atoms with van der Waals surface area (Å²) in [5, 5.41) is 0. The maximum Gasteiger partial charge on any atom is 0.420 e. The summed E-state index contributed by atoms with van der Waals surface area (Å²) in [4.78, 5) is 13.5. The first-order valence-electron chi connectivity index (χ1n) is 7.48. The van der Waals surface area contributed by atoms with Crippen molar-refractivity contribution in [3.05, 3.63) is 23.8 Å². The summed E-state index contributed by atoms with van der Waals surface area (Å²) in [7, 11) is 1.18. The van der Waals surface area contributed by atoms with Crippen LogP contribution in [0.25, 0.3) is 0 Å². The van der Waals surface area contributed by atoms with Crippen molar-refractivity contribution in [2.75, 3.05) is 24.4 Å². The summed E-state index contributed by atoms with van der Waals surface area (Å²) >= 11 is 5.63. The molecule has 0 bridgehead atoms. The topological polar surface area (TPSA) is 29.5 Å². The number of hydrogen-bond acceptors (Lipinski definition) is 2. The molecule has 3 nitrogen and oxygen atoms in total. The molecular formula is C16H19ClF3NO2. The summed E-state index contributed by atoms with van der Waals surface area (Å²) in [6.45, 7) is 0.398. The van der Waals surface area contributed by atoms with Crippen LogP contribution in [0.2, 0.25) is 0 Å². The second-order valence-electron chi connectivity index (χ2n) is 5.67. The number of benzene rings is 1. The van der Waals surface area contributed by atoms with E-state index in [1.54, 1.807) is 0 Å². The summed E-state index contributed by atoms with van der Waals surface area (Å²) in [5.41, 5.74) is -0.688. The van der Waals surface area contributed by atoms with Gasteiger partial charge in [-0.2, -0.15) is 13.2 Å². The molecule has 1 fully saturated rings. The van der Waals surface area contributed by atoms with E-state index in [0.717, 1.165) is 31.7 Å². The number of halogens is 4. The predicted octanol–water partition coefficient (Wildman–Crippen LogP) is 4.48. The lowest BCUT2D eigenvalue weighted by molar-refractivity contribution is -0.138. The van der Waals surface area contributed by atoms with Crippen molar-refractivity contribution in [2.45, 2.75) is 31.9 Å². The molecule has 1 aromatic carbocycles. The summed E-state index contributed by atoms with van der Waals surface area (Å²) in [6, 6.07) is 3.66. The Bertz CT molecular complexity index is 557. The van der Waals surface area contributed by atoms with E-state index in [9.17, 15) is 18.0 Å². The predicted molar refractivity (Wildman–Crippen MR) is 83.0 cm³/mol. The quantitative estimate of drug-likeness (QED) is 0.734. The molecule has 0 spiro atoms. The standard InChI is InChI=1S/C16H19ClF3NO2/c1-23-14-7-6-12(8-13(14)16(18,19)20)21(15(22)9-17)10-11-4-2-3-5-11/h6-8,11H,2-5,9-10H2,1H3. The van der Waals surface area contributed by atoms with Crippen LogP contribution in [-0.4, -0.2) is 25.4 Å². The Labute approximate surface area is 138 Å². The Hall–Kier alpha value is -1.43. The van der Waals surface area contributed by atoms with Crippen molar-refractivity contribution in [1.29, 1.82) is 0 Å². The second kappa shape index (κ2) is 7.43. The zero-order valence-electron chi connectivity index (χ0n) is 12.8. The van der Waals surface area contributed by atoms with E-state index in [4.69, 9.17) is 16.3 Å². The van der Waals surface area contributed by atoms with Crippen LogP contribution in [0.4, 0.5) is 18.9 Å². The molecule has 1 aliphatic carbocycles. The normalized spacial score (nSPS) is 15.7. The molecule has 0 aliphatic heterocycles. The minimum Gasteiger partial charge on any atom is -0.496 e. The van der Waals surface area contributed by atoms with Crippen LogP contribution < -0.4 is 9.64 Å². The highest BCUT2D eigenvalue weighted by molar-refractivity contribution is 6.29. The summed E-state index contributed by atoms with van der Waals surface area (Å²) < 4.78 is 44.2. The molecule has 0 aromatic heterocycles. The number of carbonyl (C=O) groups is 1. The van der Waals surface area contributed by atoms with Crippen LogP contribution in [0.3, 0.4) is 0 Å². The van der Waals surface area contributed by atoms with Crippen LogP contribution in [0.1, 0.15) is 31.2 Å². The average Bonchev–Trinajstić information content (AvgIpc) is 3.03. The number of hydrogen-bond donors (Lipinski definition) is 0. The van der Waals surface area contributed by atoms with E-state index < -0.39 is 17.6 Å². The van der Waals surface area contributed by atoms with Crippen LogP contribution in [0.15, 0.2) is 18.2 Å². The molecule has 1 saturated carbocycles. The lowest BCUT2D eigenvalue weighted by atomic mass is 10.1. The molecule has 0 radical (unpaired) electrons. The molecule has 1 aliphatic rings. The fraction of sp³-hybridized carbons (Fsp3) is 0.562. The Morgan fingerprint density at radius 2 is 2.00 bits per heavy atom. The van der Waals surface area contributed by atoms with Crippen molar-refractivity contribution in [1.82, 2.24) is 0 Å². The zero-order chi connectivity index (χ0) is 17.0. The highest BCUT2D eigenvalue weighted by Gasteiger charge is 2.35. The highest BCUT2D eigenvalue weighted by Crippen LogP contribution is 2.39. The van der Waals surface area contributed by atoms with Gasteiger partial charge in [0, 0.05) is 12.2 Å². The van der Waals surface area contributed by atoms with Gasteiger partial charge in [0.2, 0.25) is 5.91 Å². The maximum atomic E-state index is 13.2. The Morgan fingerprint density at radius 3 is 2.52 bits per heavy atom. The van der Waals surface area contributed by atoms with Gasteiger partial charge in [-0.25, -0.2) is 0 Å². The van der Waals surface area contributed by atoms with Gasteiger partial charge in [0.25, 0.3) is 0 Å². The van der Waals surface area contributed by atoms with Crippen molar-refractivity contribution >= 4 is 23.2 Å². The minimum absolute atomic E-state index is 0.204. The van der Waals surface area contributed by atoms with E-state index in [-0.39, 0.29) is 17.3 Å². The molecule has 2 rings (SSSR count). The fourth-order valence-corrected chi connectivity index (χ4v) is 3.10. The first kappa shape index (κ1) is 17.9. The van der Waals surface area contributed by atoms with Gasteiger partial charge in [-0.1, -0.05) is 12.8 Å². The number of ether oxygens (including phenoxy) is 1. The lowest BCUT2D eigenvalue weighted by Crippen LogP contribution is -2.36. The van der Waals surface area contributed by atoms with Crippen molar-refractivity contribution in [2.24, 2.45) is 5.92 Å². The Balaban J connectivity index is 2.35. The van der Waals surface area contributed by atoms with Gasteiger partial charge < -0.3 is 9.64 Å². The van der Waals surface area contributed by atoms with Crippen LogP contribution >= 0.6 is 11.6 Å². The van der Waals surface area contributed by atoms with Gasteiger partial charge in [-0.3, -0.25) is 4.79 Å². The molecule has 0 heterocycles. The van der Waals surface area contributed by atoms with Crippen LogP contribution in [0.5, 0.6) is 5.75 Å². The number of alkyl halides is 4. The third-order valence-corrected chi connectivity index (χ3v) is 4.36. The number of rotatable bonds is 5. The average molecular weight is 350 g/mol. The van der Waals surface area contributed by atoms with Gasteiger partial charge in [0.15, 0.2) is 0 Å². The molecule has 0 saturated heterocycles. The number of anilines is 1. The van der Waals surface area contributed by atoms with E-state index in [2.05, 4.69) is 0 Å². The van der Waals surface area contributed by atoms with Gasteiger partial charge in [0.1, 0.15) is 11.6 Å². The van der Waals surface area contributed by atoms with Crippen molar-refractivity contribution in [3.63, 3.8) is 0 Å². The summed E-state index contributed by atoms with van der Waals surface area (Å²) in [6.07, 6.45) is -0.416. The molecule has 23 heavy (non-hydrogen) atoms. The molecule has 7 heteroatoms. The van der Waals surface area contributed by atoms with E-state index in [1.807, 2.05) is 0 Å². The van der Waals surface area contributed by atoms with Gasteiger partial charge in [0.05, 0.1) is 12.7 Å². The van der Waals surface area contributed by atoms with E-state index in [0.29, 0.717) is 12.5 Å². The first-order valence-corrected chi connectivity index (χ1v) is 8.02. The Kier molecular flexibility index (Phi) is 5.79.